The minimum atomic E-state index is -0.0680. The number of hydrogen-bond donors (Lipinski definition) is 1. The molecule has 1 aromatic carbocycles. The van der Waals surface area contributed by atoms with Gasteiger partial charge in [-0.2, -0.15) is 15.4 Å². The second-order valence-electron chi connectivity index (χ2n) is 4.03. The van der Waals surface area contributed by atoms with Crippen LogP contribution >= 0.6 is 0 Å². The van der Waals surface area contributed by atoms with Crippen molar-refractivity contribution in [3.63, 3.8) is 0 Å². The predicted octanol–water partition coefficient (Wildman–Crippen LogP) is 0.897. The second kappa shape index (κ2) is 3.38. The van der Waals surface area contributed by atoms with Gasteiger partial charge in [-0.25, -0.2) is 0 Å². The number of carbonyl (C=O) groups excluding carboxylic acids is 2. The van der Waals surface area contributed by atoms with Gasteiger partial charge >= 0.3 is 0 Å². The Morgan fingerprint density at radius 2 is 2.06 bits per heavy atom. The summed E-state index contributed by atoms with van der Waals surface area (Å²) in [7, 11) is 0. The molecule has 6 heteroatoms. The number of amides is 1. The Balaban J connectivity index is 2.27. The highest BCUT2D eigenvalue weighted by molar-refractivity contribution is 6.10. The van der Waals surface area contributed by atoms with Gasteiger partial charge in [0, 0.05) is 25.5 Å². The van der Waals surface area contributed by atoms with Gasteiger partial charge in [-0.1, -0.05) is 0 Å². The summed E-state index contributed by atoms with van der Waals surface area (Å²) in [5.74, 6) is -0.0241. The molecule has 1 aliphatic rings. The van der Waals surface area contributed by atoms with E-state index in [-0.39, 0.29) is 11.7 Å². The average Bonchev–Trinajstić information content (AvgIpc) is 2.74. The maximum absolute atomic E-state index is 11.8. The summed E-state index contributed by atoms with van der Waals surface area (Å²) in [5, 5.41) is 10.4. The molecule has 0 bridgehead atoms. The Labute approximate surface area is 96.6 Å². The molecule has 0 saturated heterocycles. The molecular formula is C11H10N4O2. The first-order valence-electron chi connectivity index (χ1n) is 5.32. The third kappa shape index (κ3) is 1.41. The first kappa shape index (κ1) is 9.95. The molecule has 1 aromatic heterocycles. The number of anilines is 1. The molecule has 0 atom stereocenters. The fourth-order valence-electron chi connectivity index (χ4n) is 2.12. The van der Waals surface area contributed by atoms with Crippen LogP contribution in [0.15, 0.2) is 12.1 Å². The lowest BCUT2D eigenvalue weighted by atomic mass is 9.99. The highest BCUT2D eigenvalue weighted by Crippen LogP contribution is 2.30. The van der Waals surface area contributed by atoms with Crippen molar-refractivity contribution in [3.8, 4) is 0 Å². The van der Waals surface area contributed by atoms with E-state index in [2.05, 4.69) is 15.4 Å². The largest absolute Gasteiger partial charge is 0.311 e. The van der Waals surface area contributed by atoms with Crippen LogP contribution in [0.5, 0.6) is 0 Å². The summed E-state index contributed by atoms with van der Waals surface area (Å²) in [6, 6.07) is 3.41. The van der Waals surface area contributed by atoms with Gasteiger partial charge in [-0.05, 0) is 12.1 Å². The van der Waals surface area contributed by atoms with E-state index >= 15 is 0 Å². The van der Waals surface area contributed by atoms with Gasteiger partial charge in [0.25, 0.3) is 0 Å². The maximum atomic E-state index is 11.8. The molecule has 1 aliphatic heterocycles. The third-order valence-electron chi connectivity index (χ3n) is 2.97. The van der Waals surface area contributed by atoms with Crippen LogP contribution in [0.1, 0.15) is 23.7 Å². The van der Waals surface area contributed by atoms with Gasteiger partial charge in [0.15, 0.2) is 5.78 Å². The summed E-state index contributed by atoms with van der Waals surface area (Å²) < 4.78 is 0. The SMILES string of the molecule is CC(=O)N1CCC(=O)c2cc3n[nH]nc3cc21. The number of hydrogen-bond acceptors (Lipinski definition) is 4. The normalized spacial score (nSPS) is 15.1. The number of benzene rings is 1. The molecule has 86 valence electrons. The van der Waals surface area contributed by atoms with E-state index < -0.39 is 0 Å². The molecular weight excluding hydrogens is 220 g/mol. The van der Waals surface area contributed by atoms with Crippen LogP contribution in [0.2, 0.25) is 0 Å². The monoisotopic (exact) mass is 230 g/mol. The summed E-state index contributed by atoms with van der Waals surface area (Å²) in [5.41, 5.74) is 2.48. The van der Waals surface area contributed by atoms with Crippen LogP contribution in [-0.4, -0.2) is 33.6 Å². The van der Waals surface area contributed by atoms with Gasteiger partial charge in [0.1, 0.15) is 11.0 Å². The number of nitrogens with one attached hydrogen (secondary N) is 1. The van der Waals surface area contributed by atoms with Crippen molar-refractivity contribution in [2.45, 2.75) is 13.3 Å². The summed E-state index contributed by atoms with van der Waals surface area (Å²) in [4.78, 5) is 24.9. The van der Waals surface area contributed by atoms with E-state index in [9.17, 15) is 9.59 Å². The van der Waals surface area contributed by atoms with Crippen molar-refractivity contribution in [2.75, 3.05) is 11.4 Å². The van der Waals surface area contributed by atoms with E-state index in [1.807, 2.05) is 0 Å². The van der Waals surface area contributed by atoms with Crippen molar-refractivity contribution in [1.82, 2.24) is 15.4 Å². The van der Waals surface area contributed by atoms with E-state index in [1.54, 1.807) is 17.0 Å². The van der Waals surface area contributed by atoms with Crippen molar-refractivity contribution in [2.24, 2.45) is 0 Å². The van der Waals surface area contributed by atoms with Gasteiger partial charge in [0.05, 0.1) is 5.69 Å². The van der Waals surface area contributed by atoms with Crippen molar-refractivity contribution in [1.29, 1.82) is 0 Å². The Morgan fingerprint density at radius 1 is 1.35 bits per heavy atom. The van der Waals surface area contributed by atoms with Crippen LogP contribution in [-0.2, 0) is 4.79 Å². The number of Topliss-reactive ketones (excluding diaryl/α,β-unsaturated/α-hetero) is 1. The fourth-order valence-corrected chi connectivity index (χ4v) is 2.12. The van der Waals surface area contributed by atoms with Crippen molar-refractivity contribution < 1.29 is 9.59 Å². The van der Waals surface area contributed by atoms with E-state index in [0.29, 0.717) is 35.2 Å². The third-order valence-corrected chi connectivity index (χ3v) is 2.97. The minimum Gasteiger partial charge on any atom is -0.311 e. The predicted molar refractivity (Wildman–Crippen MR) is 60.9 cm³/mol. The average molecular weight is 230 g/mol. The Hall–Kier alpha value is -2.24. The lowest BCUT2D eigenvalue weighted by Crippen LogP contribution is -2.35. The molecule has 3 rings (SSSR count). The van der Waals surface area contributed by atoms with Crippen LogP contribution in [0, 0.1) is 0 Å². The number of ketones is 1. The highest BCUT2D eigenvalue weighted by atomic mass is 16.2. The molecule has 0 aliphatic carbocycles. The zero-order valence-electron chi connectivity index (χ0n) is 9.23. The van der Waals surface area contributed by atoms with Crippen molar-refractivity contribution in [3.05, 3.63) is 17.7 Å². The topological polar surface area (TPSA) is 79.0 Å². The zero-order valence-corrected chi connectivity index (χ0v) is 9.23. The Morgan fingerprint density at radius 3 is 2.76 bits per heavy atom. The Kier molecular flexibility index (Phi) is 1.98. The first-order chi connectivity index (χ1) is 8.16. The molecule has 0 spiro atoms. The second-order valence-corrected chi connectivity index (χ2v) is 4.03. The number of rotatable bonds is 0. The van der Waals surface area contributed by atoms with Gasteiger partial charge < -0.3 is 4.90 Å². The summed E-state index contributed by atoms with van der Waals surface area (Å²) >= 11 is 0. The molecule has 1 amide bonds. The van der Waals surface area contributed by atoms with Gasteiger partial charge in [0.2, 0.25) is 5.91 Å². The molecule has 2 heterocycles. The maximum Gasteiger partial charge on any atom is 0.223 e. The van der Waals surface area contributed by atoms with E-state index in [4.69, 9.17) is 0 Å². The number of carbonyl (C=O) groups is 2. The number of fused-ring (bicyclic) bond motifs is 2. The van der Waals surface area contributed by atoms with Crippen molar-refractivity contribution >= 4 is 28.4 Å². The molecule has 6 nitrogen and oxygen atoms in total. The number of aromatic amines is 1. The quantitative estimate of drug-likeness (QED) is 0.729. The molecule has 1 N–H and O–H groups in total. The van der Waals surface area contributed by atoms with Crippen LogP contribution < -0.4 is 4.90 Å². The molecule has 0 saturated carbocycles. The molecule has 0 unspecified atom stereocenters. The van der Waals surface area contributed by atoms with Crippen LogP contribution in [0.3, 0.4) is 0 Å². The number of H-pyrrole nitrogens is 1. The van der Waals surface area contributed by atoms with Gasteiger partial charge in [-0.3, -0.25) is 9.59 Å². The lowest BCUT2D eigenvalue weighted by Gasteiger charge is -2.27. The zero-order chi connectivity index (χ0) is 12.0. The summed E-state index contributed by atoms with van der Waals surface area (Å²) in [6.07, 6.45) is 0.357. The van der Waals surface area contributed by atoms with Crippen LogP contribution in [0.4, 0.5) is 5.69 Å². The first-order valence-corrected chi connectivity index (χ1v) is 5.32. The number of aromatic nitrogens is 3. The lowest BCUT2D eigenvalue weighted by molar-refractivity contribution is -0.116. The Bertz CT molecular complexity index is 631. The van der Waals surface area contributed by atoms with E-state index in [1.165, 1.54) is 6.92 Å². The molecule has 2 aromatic rings. The molecule has 17 heavy (non-hydrogen) atoms. The smallest absolute Gasteiger partial charge is 0.223 e. The minimum absolute atomic E-state index is 0.0439. The van der Waals surface area contributed by atoms with E-state index in [0.717, 1.165) is 0 Å². The van der Waals surface area contributed by atoms with Crippen LogP contribution in [0.25, 0.3) is 11.0 Å². The number of nitrogens with zero attached hydrogens (tertiary/aromatic N) is 3. The highest BCUT2D eigenvalue weighted by Gasteiger charge is 2.26. The van der Waals surface area contributed by atoms with Gasteiger partial charge in [-0.15, -0.1) is 0 Å². The molecule has 0 fully saturated rings. The standard InChI is InChI=1S/C11H10N4O2/c1-6(16)15-3-2-11(17)7-4-8-9(5-10(7)15)13-14-12-8/h4-5H,2-3H2,1H3,(H,12,13,14). The molecule has 0 radical (unpaired) electrons. The summed E-state index contributed by atoms with van der Waals surface area (Å²) in [6.45, 7) is 1.93. The fraction of sp³-hybridized carbons (Fsp3) is 0.273.